The molecule has 25 heavy (non-hydrogen) atoms. The molecule has 5 heteroatoms. The van der Waals surface area contributed by atoms with Gasteiger partial charge in [-0.15, -0.1) is 0 Å². The Balaban J connectivity index is 1.70. The fourth-order valence-corrected chi connectivity index (χ4v) is 3.21. The molecule has 128 valence electrons. The van der Waals surface area contributed by atoms with Crippen molar-refractivity contribution in [3.63, 3.8) is 0 Å². The highest BCUT2D eigenvalue weighted by Gasteiger charge is 2.17. The number of anilines is 2. The first-order chi connectivity index (χ1) is 12.3. The first kappa shape index (κ1) is 15.8. The quantitative estimate of drug-likeness (QED) is 0.768. The molecule has 0 unspecified atom stereocenters. The Morgan fingerprint density at radius 1 is 0.960 bits per heavy atom. The molecule has 2 aromatic carbocycles. The van der Waals surface area contributed by atoms with Crippen LogP contribution < -0.4 is 15.5 Å². The lowest BCUT2D eigenvalue weighted by atomic mass is 10.1. The Bertz CT molecular complexity index is 843. The van der Waals surface area contributed by atoms with Crippen molar-refractivity contribution >= 4 is 22.7 Å². The van der Waals surface area contributed by atoms with Gasteiger partial charge < -0.3 is 15.5 Å². The maximum absolute atomic E-state index is 4.87. The van der Waals surface area contributed by atoms with E-state index in [1.165, 1.54) is 5.56 Å². The second-order valence-electron chi connectivity index (χ2n) is 6.40. The lowest BCUT2D eigenvalue weighted by Crippen LogP contribution is -2.44. The van der Waals surface area contributed by atoms with Crippen molar-refractivity contribution in [2.24, 2.45) is 0 Å². The van der Waals surface area contributed by atoms with E-state index in [-0.39, 0.29) is 6.04 Å². The maximum atomic E-state index is 4.87. The molecule has 1 fully saturated rings. The SMILES string of the molecule is C[C@H](Nc1nc(N2CCNCC2)nc2ccccc12)c1ccccc1. The largest absolute Gasteiger partial charge is 0.363 e. The summed E-state index contributed by atoms with van der Waals surface area (Å²) in [4.78, 5) is 11.9. The zero-order chi connectivity index (χ0) is 17.1. The number of rotatable bonds is 4. The van der Waals surface area contributed by atoms with Crippen LogP contribution in [-0.4, -0.2) is 36.1 Å². The van der Waals surface area contributed by atoms with E-state index in [4.69, 9.17) is 9.97 Å². The van der Waals surface area contributed by atoms with Gasteiger partial charge in [-0.05, 0) is 24.6 Å². The molecule has 1 aliphatic heterocycles. The van der Waals surface area contributed by atoms with Crippen molar-refractivity contribution in [3.8, 4) is 0 Å². The van der Waals surface area contributed by atoms with E-state index >= 15 is 0 Å². The fourth-order valence-electron chi connectivity index (χ4n) is 3.21. The van der Waals surface area contributed by atoms with E-state index in [1.54, 1.807) is 0 Å². The molecule has 0 spiro atoms. The van der Waals surface area contributed by atoms with Crippen LogP contribution >= 0.6 is 0 Å². The van der Waals surface area contributed by atoms with Crippen molar-refractivity contribution in [1.29, 1.82) is 0 Å². The predicted molar refractivity (Wildman–Crippen MR) is 103 cm³/mol. The number of piperazine rings is 1. The van der Waals surface area contributed by atoms with Crippen LogP contribution in [0.3, 0.4) is 0 Å². The molecule has 1 aromatic heterocycles. The third-order valence-electron chi connectivity index (χ3n) is 4.64. The summed E-state index contributed by atoms with van der Waals surface area (Å²) in [6.07, 6.45) is 0. The molecule has 1 atom stereocenters. The molecule has 1 saturated heterocycles. The molecule has 0 bridgehead atoms. The monoisotopic (exact) mass is 333 g/mol. The lowest BCUT2D eigenvalue weighted by molar-refractivity contribution is 0.580. The van der Waals surface area contributed by atoms with E-state index in [9.17, 15) is 0 Å². The average Bonchev–Trinajstić information content (AvgIpc) is 2.69. The van der Waals surface area contributed by atoms with Crippen LogP contribution in [0.1, 0.15) is 18.5 Å². The summed E-state index contributed by atoms with van der Waals surface area (Å²) in [5.74, 6) is 1.71. The van der Waals surface area contributed by atoms with E-state index in [1.807, 2.05) is 18.2 Å². The molecule has 1 aliphatic rings. The van der Waals surface area contributed by atoms with Crippen molar-refractivity contribution in [3.05, 3.63) is 60.2 Å². The number of benzene rings is 2. The van der Waals surface area contributed by atoms with E-state index in [2.05, 4.69) is 58.9 Å². The molecular formula is C20H23N5. The van der Waals surface area contributed by atoms with E-state index < -0.39 is 0 Å². The minimum absolute atomic E-state index is 0.176. The number of para-hydroxylation sites is 1. The fraction of sp³-hybridized carbons (Fsp3) is 0.300. The Hall–Kier alpha value is -2.66. The van der Waals surface area contributed by atoms with Gasteiger partial charge in [-0.2, -0.15) is 4.98 Å². The minimum atomic E-state index is 0.176. The number of aromatic nitrogens is 2. The molecular weight excluding hydrogens is 310 g/mol. The highest BCUT2D eigenvalue weighted by molar-refractivity contribution is 5.90. The summed E-state index contributed by atoms with van der Waals surface area (Å²) in [7, 11) is 0. The summed E-state index contributed by atoms with van der Waals surface area (Å²) < 4.78 is 0. The second-order valence-corrected chi connectivity index (χ2v) is 6.40. The Kier molecular flexibility index (Phi) is 4.48. The lowest BCUT2D eigenvalue weighted by Gasteiger charge is -2.28. The van der Waals surface area contributed by atoms with Gasteiger partial charge in [0.1, 0.15) is 5.82 Å². The number of hydrogen-bond donors (Lipinski definition) is 2. The molecule has 0 amide bonds. The van der Waals surface area contributed by atoms with Gasteiger partial charge in [-0.25, -0.2) is 4.98 Å². The van der Waals surface area contributed by atoms with Crippen LogP contribution in [0.5, 0.6) is 0 Å². The number of hydrogen-bond acceptors (Lipinski definition) is 5. The summed E-state index contributed by atoms with van der Waals surface area (Å²) in [5.41, 5.74) is 2.22. The smallest absolute Gasteiger partial charge is 0.227 e. The van der Waals surface area contributed by atoms with Crippen LogP contribution in [0.25, 0.3) is 10.9 Å². The van der Waals surface area contributed by atoms with Crippen LogP contribution in [0.15, 0.2) is 54.6 Å². The molecule has 0 radical (unpaired) electrons. The van der Waals surface area contributed by atoms with Crippen molar-refractivity contribution in [2.75, 3.05) is 36.4 Å². The summed E-state index contributed by atoms with van der Waals surface area (Å²) in [5, 5.41) is 8.02. The van der Waals surface area contributed by atoms with Gasteiger partial charge in [-0.1, -0.05) is 42.5 Å². The van der Waals surface area contributed by atoms with Gasteiger partial charge in [0.05, 0.1) is 5.52 Å². The third kappa shape index (κ3) is 3.42. The van der Waals surface area contributed by atoms with Crippen molar-refractivity contribution in [2.45, 2.75) is 13.0 Å². The summed E-state index contributed by atoms with van der Waals surface area (Å²) in [6.45, 7) is 5.98. The van der Waals surface area contributed by atoms with Gasteiger partial charge in [0, 0.05) is 37.6 Å². The zero-order valence-electron chi connectivity index (χ0n) is 14.4. The van der Waals surface area contributed by atoms with Gasteiger partial charge in [0.25, 0.3) is 0 Å². The third-order valence-corrected chi connectivity index (χ3v) is 4.64. The maximum Gasteiger partial charge on any atom is 0.227 e. The minimum Gasteiger partial charge on any atom is -0.363 e. The molecule has 2 N–H and O–H groups in total. The van der Waals surface area contributed by atoms with Gasteiger partial charge >= 0.3 is 0 Å². The topological polar surface area (TPSA) is 53.1 Å². The summed E-state index contributed by atoms with van der Waals surface area (Å²) >= 11 is 0. The second kappa shape index (κ2) is 7.07. The van der Waals surface area contributed by atoms with E-state index in [0.717, 1.165) is 48.8 Å². The van der Waals surface area contributed by atoms with Crippen LogP contribution in [-0.2, 0) is 0 Å². The highest BCUT2D eigenvalue weighted by atomic mass is 15.3. The molecule has 2 heterocycles. The highest BCUT2D eigenvalue weighted by Crippen LogP contribution is 2.27. The number of nitrogens with one attached hydrogen (secondary N) is 2. The predicted octanol–water partition coefficient (Wildman–Crippen LogP) is 3.21. The normalized spacial score (nSPS) is 16.0. The van der Waals surface area contributed by atoms with Crippen molar-refractivity contribution in [1.82, 2.24) is 15.3 Å². The zero-order valence-corrected chi connectivity index (χ0v) is 14.4. The van der Waals surface area contributed by atoms with Crippen LogP contribution in [0.4, 0.5) is 11.8 Å². The van der Waals surface area contributed by atoms with Gasteiger partial charge in [0.2, 0.25) is 5.95 Å². The van der Waals surface area contributed by atoms with Crippen LogP contribution in [0.2, 0.25) is 0 Å². The first-order valence-electron chi connectivity index (χ1n) is 8.85. The van der Waals surface area contributed by atoms with Crippen LogP contribution in [0, 0.1) is 0 Å². The van der Waals surface area contributed by atoms with Gasteiger partial charge in [-0.3, -0.25) is 0 Å². The number of nitrogens with zero attached hydrogens (tertiary/aromatic N) is 3. The Morgan fingerprint density at radius 2 is 1.68 bits per heavy atom. The summed E-state index contributed by atoms with van der Waals surface area (Å²) in [6, 6.07) is 18.8. The van der Waals surface area contributed by atoms with E-state index in [0.29, 0.717) is 0 Å². The number of fused-ring (bicyclic) bond motifs is 1. The molecule has 4 rings (SSSR count). The molecule has 5 nitrogen and oxygen atoms in total. The Labute approximate surface area is 148 Å². The van der Waals surface area contributed by atoms with Crippen molar-refractivity contribution < 1.29 is 0 Å². The standard InChI is InChI=1S/C20H23N5/c1-15(16-7-3-2-4-8-16)22-19-17-9-5-6-10-18(17)23-20(24-19)25-13-11-21-12-14-25/h2-10,15,21H,11-14H2,1H3,(H,22,23,24)/t15-/m0/s1. The average molecular weight is 333 g/mol. The Morgan fingerprint density at radius 3 is 2.48 bits per heavy atom. The first-order valence-corrected chi connectivity index (χ1v) is 8.85. The molecule has 0 aliphatic carbocycles. The molecule has 0 saturated carbocycles. The molecule has 3 aromatic rings. The van der Waals surface area contributed by atoms with Gasteiger partial charge in [0.15, 0.2) is 0 Å².